The monoisotopic (exact) mass is 291 g/mol. The van der Waals surface area contributed by atoms with Crippen molar-refractivity contribution in [2.45, 2.75) is 47.0 Å². The molecule has 1 aromatic rings. The van der Waals surface area contributed by atoms with Crippen LogP contribution in [0.1, 0.15) is 43.0 Å². The number of aromatic nitrogens is 2. The number of nitrogens with zero attached hydrogens (tertiary/aromatic N) is 2. The van der Waals surface area contributed by atoms with Crippen LogP contribution in [0.2, 0.25) is 0 Å². The molecule has 0 amide bonds. The molecule has 0 bridgehead atoms. The Morgan fingerprint density at radius 2 is 1.95 bits per heavy atom. The fraction of sp³-hybridized carbons (Fsp3) is 0.765. The van der Waals surface area contributed by atoms with E-state index in [4.69, 9.17) is 14.7 Å². The van der Waals surface area contributed by atoms with E-state index in [1.807, 2.05) is 0 Å². The Hall–Kier alpha value is -1.00. The zero-order valence-electron chi connectivity index (χ0n) is 13.9. The van der Waals surface area contributed by atoms with Crippen LogP contribution in [-0.4, -0.2) is 36.3 Å². The first-order chi connectivity index (χ1) is 10.1. The van der Waals surface area contributed by atoms with E-state index in [1.165, 1.54) is 5.56 Å². The van der Waals surface area contributed by atoms with Crippen molar-refractivity contribution in [3.05, 3.63) is 22.8 Å². The predicted molar refractivity (Wildman–Crippen MR) is 85.5 cm³/mol. The lowest BCUT2D eigenvalue weighted by atomic mass is 10.0. The average Bonchev–Trinajstić information content (AvgIpc) is 2.89. The smallest absolute Gasteiger partial charge is 0.129 e. The molecule has 0 aromatic carbocycles. The van der Waals surface area contributed by atoms with Gasteiger partial charge in [-0.3, -0.25) is 0 Å². The maximum atomic E-state index is 5.43. The van der Waals surface area contributed by atoms with Crippen molar-refractivity contribution >= 4 is 0 Å². The van der Waals surface area contributed by atoms with Crippen LogP contribution in [0.5, 0.6) is 0 Å². The number of hydrogen-bond donors (Lipinski definition) is 1. The van der Waals surface area contributed by atoms with Crippen LogP contribution in [0.4, 0.5) is 0 Å². The van der Waals surface area contributed by atoms with Gasteiger partial charge in [0.15, 0.2) is 0 Å². The second kappa shape index (κ2) is 7.85. The van der Waals surface area contributed by atoms with Crippen LogP contribution in [-0.2, 0) is 17.6 Å². The van der Waals surface area contributed by atoms with Gasteiger partial charge in [-0.15, -0.1) is 0 Å². The molecule has 1 fully saturated rings. The third-order valence-electron chi connectivity index (χ3n) is 4.07. The summed E-state index contributed by atoms with van der Waals surface area (Å²) in [5, 5.41) is 3.49. The summed E-state index contributed by atoms with van der Waals surface area (Å²) in [7, 11) is 0. The highest BCUT2D eigenvalue weighted by atomic mass is 16.5. The average molecular weight is 291 g/mol. The minimum absolute atomic E-state index is 0.599. The predicted octanol–water partition coefficient (Wildman–Crippen LogP) is 2.46. The highest BCUT2D eigenvalue weighted by Crippen LogP contribution is 2.18. The lowest BCUT2D eigenvalue weighted by molar-refractivity contribution is 0.185. The van der Waals surface area contributed by atoms with E-state index < -0.39 is 0 Å². The topological polar surface area (TPSA) is 47.0 Å². The van der Waals surface area contributed by atoms with E-state index in [9.17, 15) is 0 Å². The molecule has 1 aromatic heterocycles. The van der Waals surface area contributed by atoms with Gasteiger partial charge in [-0.1, -0.05) is 13.8 Å². The fourth-order valence-electron chi connectivity index (χ4n) is 2.87. The Labute approximate surface area is 128 Å². The number of hydrogen-bond acceptors (Lipinski definition) is 4. The van der Waals surface area contributed by atoms with E-state index in [-0.39, 0.29) is 0 Å². The van der Waals surface area contributed by atoms with Crippen LogP contribution < -0.4 is 5.32 Å². The Bertz CT molecular complexity index is 430. The van der Waals surface area contributed by atoms with Gasteiger partial charge in [0, 0.05) is 31.0 Å². The standard InChI is InChI=1S/C17H29N3O/c1-12(2)10-18-7-5-16-13(3)19-17(20-14(16)4)9-15-6-8-21-11-15/h12,15,18H,5-11H2,1-4H3. The molecular formula is C17H29N3O. The van der Waals surface area contributed by atoms with Gasteiger partial charge in [0.1, 0.15) is 5.82 Å². The first-order valence-corrected chi connectivity index (χ1v) is 8.17. The SMILES string of the molecule is Cc1nc(CC2CCOC2)nc(C)c1CCNCC(C)C. The van der Waals surface area contributed by atoms with Crippen molar-refractivity contribution in [1.29, 1.82) is 0 Å². The molecule has 21 heavy (non-hydrogen) atoms. The third-order valence-corrected chi connectivity index (χ3v) is 4.07. The Balaban J connectivity index is 1.92. The van der Waals surface area contributed by atoms with Gasteiger partial charge in [0.2, 0.25) is 0 Å². The van der Waals surface area contributed by atoms with Crippen molar-refractivity contribution < 1.29 is 4.74 Å². The molecule has 2 heterocycles. The molecule has 118 valence electrons. The van der Waals surface area contributed by atoms with Crippen molar-refractivity contribution in [2.24, 2.45) is 11.8 Å². The molecule has 0 radical (unpaired) electrons. The van der Waals surface area contributed by atoms with Gasteiger partial charge in [0.25, 0.3) is 0 Å². The summed E-state index contributed by atoms with van der Waals surface area (Å²) in [6, 6.07) is 0. The molecule has 1 N–H and O–H groups in total. The summed E-state index contributed by atoms with van der Waals surface area (Å²) in [6.45, 7) is 12.5. The second-order valence-electron chi connectivity index (χ2n) is 6.57. The van der Waals surface area contributed by atoms with Crippen molar-refractivity contribution in [2.75, 3.05) is 26.3 Å². The van der Waals surface area contributed by atoms with Gasteiger partial charge >= 0.3 is 0 Å². The minimum atomic E-state index is 0.599. The zero-order valence-corrected chi connectivity index (χ0v) is 13.9. The molecule has 1 aliphatic heterocycles. The molecule has 2 rings (SSSR count). The summed E-state index contributed by atoms with van der Waals surface area (Å²) in [5.41, 5.74) is 3.59. The quantitative estimate of drug-likeness (QED) is 0.784. The molecule has 0 aliphatic carbocycles. The summed E-state index contributed by atoms with van der Waals surface area (Å²) < 4.78 is 5.43. The normalized spacial score (nSPS) is 18.6. The van der Waals surface area contributed by atoms with Gasteiger partial charge in [0.05, 0.1) is 0 Å². The molecule has 1 saturated heterocycles. The molecular weight excluding hydrogens is 262 g/mol. The lowest BCUT2D eigenvalue weighted by Gasteiger charge is -2.13. The summed E-state index contributed by atoms with van der Waals surface area (Å²) in [6.07, 6.45) is 3.10. The van der Waals surface area contributed by atoms with Crippen LogP contribution in [0, 0.1) is 25.7 Å². The largest absolute Gasteiger partial charge is 0.381 e. The molecule has 1 unspecified atom stereocenters. The van der Waals surface area contributed by atoms with Crippen LogP contribution >= 0.6 is 0 Å². The van der Waals surface area contributed by atoms with Gasteiger partial charge < -0.3 is 10.1 Å². The molecule has 4 heteroatoms. The second-order valence-corrected chi connectivity index (χ2v) is 6.57. The molecule has 0 spiro atoms. The molecule has 1 aliphatic rings. The summed E-state index contributed by atoms with van der Waals surface area (Å²) in [4.78, 5) is 9.43. The first kappa shape index (κ1) is 16.4. The third kappa shape index (κ3) is 5.04. The van der Waals surface area contributed by atoms with Crippen molar-refractivity contribution in [3.8, 4) is 0 Å². The molecule has 1 atom stereocenters. The minimum Gasteiger partial charge on any atom is -0.381 e. The number of aryl methyl sites for hydroxylation is 2. The zero-order chi connectivity index (χ0) is 15.2. The summed E-state index contributed by atoms with van der Waals surface area (Å²) >= 11 is 0. The fourth-order valence-corrected chi connectivity index (χ4v) is 2.87. The Morgan fingerprint density at radius 1 is 1.24 bits per heavy atom. The first-order valence-electron chi connectivity index (χ1n) is 8.17. The summed E-state index contributed by atoms with van der Waals surface area (Å²) in [5.74, 6) is 2.28. The van der Waals surface area contributed by atoms with E-state index >= 15 is 0 Å². The van der Waals surface area contributed by atoms with E-state index in [2.05, 4.69) is 33.0 Å². The van der Waals surface area contributed by atoms with Crippen molar-refractivity contribution in [1.82, 2.24) is 15.3 Å². The van der Waals surface area contributed by atoms with Gasteiger partial charge in [-0.05, 0) is 57.2 Å². The Kier molecular flexibility index (Phi) is 6.12. The number of rotatable bonds is 7. The van der Waals surface area contributed by atoms with Crippen LogP contribution in [0.3, 0.4) is 0 Å². The van der Waals surface area contributed by atoms with Crippen molar-refractivity contribution in [3.63, 3.8) is 0 Å². The maximum Gasteiger partial charge on any atom is 0.129 e. The Morgan fingerprint density at radius 3 is 2.52 bits per heavy atom. The van der Waals surface area contributed by atoms with E-state index in [0.29, 0.717) is 11.8 Å². The van der Waals surface area contributed by atoms with Gasteiger partial charge in [-0.2, -0.15) is 0 Å². The maximum absolute atomic E-state index is 5.43. The highest BCUT2D eigenvalue weighted by molar-refractivity contribution is 5.24. The van der Waals surface area contributed by atoms with Crippen LogP contribution in [0.15, 0.2) is 0 Å². The van der Waals surface area contributed by atoms with E-state index in [1.54, 1.807) is 0 Å². The lowest BCUT2D eigenvalue weighted by Crippen LogP contribution is -2.23. The number of ether oxygens (including phenoxy) is 1. The van der Waals surface area contributed by atoms with E-state index in [0.717, 1.165) is 62.8 Å². The van der Waals surface area contributed by atoms with Crippen LogP contribution in [0.25, 0.3) is 0 Å². The van der Waals surface area contributed by atoms with Gasteiger partial charge in [-0.25, -0.2) is 9.97 Å². The molecule has 4 nitrogen and oxygen atoms in total. The highest BCUT2D eigenvalue weighted by Gasteiger charge is 2.18. The number of nitrogens with one attached hydrogen (secondary N) is 1. The molecule has 0 saturated carbocycles.